The summed E-state index contributed by atoms with van der Waals surface area (Å²) in [5.41, 5.74) is 0.983. The van der Waals surface area contributed by atoms with E-state index in [-0.39, 0.29) is 12.1 Å². The van der Waals surface area contributed by atoms with E-state index in [1.165, 1.54) is 13.3 Å². The average molecular weight is 319 g/mol. The molecule has 1 aromatic heterocycles. The standard InChI is InChI=1S/C16H15ClN2O3/c1-22-16(21)14(10-11-6-2-3-7-12(11)17)19-15(20)13-8-4-5-9-18-13/h2-9,14H,10H2,1H3,(H,19,20)/t14-/m1/s1. The lowest BCUT2D eigenvalue weighted by Gasteiger charge is -2.17. The van der Waals surface area contributed by atoms with Crippen LogP contribution in [0.25, 0.3) is 0 Å². The SMILES string of the molecule is COC(=O)[C@@H](Cc1ccccc1Cl)NC(=O)c1ccccn1. The van der Waals surface area contributed by atoms with Gasteiger partial charge in [-0.1, -0.05) is 35.9 Å². The molecule has 22 heavy (non-hydrogen) atoms. The van der Waals surface area contributed by atoms with Gasteiger partial charge in [-0.25, -0.2) is 4.79 Å². The van der Waals surface area contributed by atoms with Crippen LogP contribution < -0.4 is 5.32 Å². The highest BCUT2D eigenvalue weighted by Crippen LogP contribution is 2.17. The molecule has 0 aliphatic heterocycles. The van der Waals surface area contributed by atoms with Crippen LogP contribution in [-0.2, 0) is 16.0 Å². The third-order valence-electron chi connectivity index (χ3n) is 3.07. The minimum absolute atomic E-state index is 0.232. The van der Waals surface area contributed by atoms with Crippen molar-refractivity contribution in [3.8, 4) is 0 Å². The first kappa shape index (κ1) is 16.0. The zero-order valence-corrected chi connectivity index (χ0v) is 12.7. The van der Waals surface area contributed by atoms with Gasteiger partial charge in [0.1, 0.15) is 11.7 Å². The van der Waals surface area contributed by atoms with E-state index in [4.69, 9.17) is 16.3 Å². The van der Waals surface area contributed by atoms with Crippen LogP contribution >= 0.6 is 11.6 Å². The van der Waals surface area contributed by atoms with Crippen LogP contribution in [-0.4, -0.2) is 30.0 Å². The highest BCUT2D eigenvalue weighted by atomic mass is 35.5. The molecule has 1 aromatic carbocycles. The highest BCUT2D eigenvalue weighted by molar-refractivity contribution is 6.31. The van der Waals surface area contributed by atoms with E-state index in [0.29, 0.717) is 5.02 Å². The normalized spacial score (nSPS) is 11.5. The maximum absolute atomic E-state index is 12.1. The lowest BCUT2D eigenvalue weighted by atomic mass is 10.1. The minimum Gasteiger partial charge on any atom is -0.467 e. The quantitative estimate of drug-likeness (QED) is 0.859. The second-order valence-electron chi connectivity index (χ2n) is 4.56. The van der Waals surface area contributed by atoms with Gasteiger partial charge in [-0.2, -0.15) is 0 Å². The third kappa shape index (κ3) is 4.05. The number of nitrogens with zero attached hydrogens (tertiary/aromatic N) is 1. The smallest absolute Gasteiger partial charge is 0.328 e. The van der Waals surface area contributed by atoms with Gasteiger partial charge in [-0.3, -0.25) is 9.78 Å². The van der Waals surface area contributed by atoms with Crippen molar-refractivity contribution in [2.45, 2.75) is 12.5 Å². The molecule has 0 saturated heterocycles. The number of hydrogen-bond donors (Lipinski definition) is 1. The first-order valence-corrected chi connectivity index (χ1v) is 7.02. The van der Waals surface area contributed by atoms with Gasteiger partial charge in [0.2, 0.25) is 0 Å². The molecule has 0 fully saturated rings. The van der Waals surface area contributed by atoms with Crippen molar-refractivity contribution in [3.63, 3.8) is 0 Å². The van der Waals surface area contributed by atoms with Crippen molar-refractivity contribution >= 4 is 23.5 Å². The summed E-state index contributed by atoms with van der Waals surface area (Å²) in [5, 5.41) is 3.16. The van der Waals surface area contributed by atoms with Gasteiger partial charge in [0.25, 0.3) is 5.91 Å². The number of carbonyl (C=O) groups is 2. The number of rotatable bonds is 5. The Labute approximate surface area is 133 Å². The summed E-state index contributed by atoms with van der Waals surface area (Å²) in [6.45, 7) is 0. The van der Waals surface area contributed by atoms with E-state index in [9.17, 15) is 9.59 Å². The lowest BCUT2D eigenvalue weighted by molar-refractivity contribution is -0.142. The molecular weight excluding hydrogens is 304 g/mol. The fourth-order valence-electron chi connectivity index (χ4n) is 1.95. The molecule has 5 nitrogen and oxygen atoms in total. The van der Waals surface area contributed by atoms with Crippen LogP contribution in [0, 0.1) is 0 Å². The van der Waals surface area contributed by atoms with Crippen LogP contribution in [0.4, 0.5) is 0 Å². The number of carbonyl (C=O) groups excluding carboxylic acids is 2. The number of pyridine rings is 1. The average Bonchev–Trinajstić information content (AvgIpc) is 2.56. The zero-order chi connectivity index (χ0) is 15.9. The van der Waals surface area contributed by atoms with Crippen molar-refractivity contribution in [1.29, 1.82) is 0 Å². The molecule has 1 amide bonds. The van der Waals surface area contributed by atoms with Crippen molar-refractivity contribution in [2.24, 2.45) is 0 Å². The Morgan fingerprint density at radius 3 is 2.59 bits per heavy atom. The second kappa shape index (κ2) is 7.56. The van der Waals surface area contributed by atoms with Crippen LogP contribution in [0.2, 0.25) is 5.02 Å². The van der Waals surface area contributed by atoms with Gasteiger partial charge in [-0.05, 0) is 23.8 Å². The summed E-state index contributed by atoms with van der Waals surface area (Å²) in [5.74, 6) is -0.979. The number of halogens is 1. The molecule has 0 aliphatic rings. The van der Waals surface area contributed by atoms with Gasteiger partial charge in [0.15, 0.2) is 0 Å². The van der Waals surface area contributed by atoms with Gasteiger partial charge in [0, 0.05) is 17.6 Å². The Balaban J connectivity index is 2.15. The van der Waals surface area contributed by atoms with E-state index in [1.54, 1.807) is 36.4 Å². The number of amides is 1. The van der Waals surface area contributed by atoms with Crippen molar-refractivity contribution in [1.82, 2.24) is 10.3 Å². The predicted octanol–water partition coefficient (Wildman–Crippen LogP) is 2.25. The molecule has 0 bridgehead atoms. The largest absolute Gasteiger partial charge is 0.467 e. The summed E-state index contributed by atoms with van der Waals surface area (Å²) in [4.78, 5) is 28.0. The van der Waals surface area contributed by atoms with E-state index >= 15 is 0 Å². The third-order valence-corrected chi connectivity index (χ3v) is 3.44. The van der Waals surface area contributed by atoms with Crippen LogP contribution in [0.5, 0.6) is 0 Å². The first-order chi connectivity index (χ1) is 10.6. The van der Waals surface area contributed by atoms with Crippen LogP contribution in [0.15, 0.2) is 48.7 Å². The molecule has 0 radical (unpaired) electrons. The molecule has 0 unspecified atom stereocenters. The molecule has 1 heterocycles. The Morgan fingerprint density at radius 1 is 1.23 bits per heavy atom. The molecule has 2 aromatic rings. The monoisotopic (exact) mass is 318 g/mol. The number of methoxy groups -OCH3 is 1. The number of hydrogen-bond acceptors (Lipinski definition) is 4. The summed E-state index contributed by atoms with van der Waals surface area (Å²) in [7, 11) is 1.27. The Kier molecular flexibility index (Phi) is 5.49. The Hall–Kier alpha value is -2.40. The fourth-order valence-corrected chi connectivity index (χ4v) is 2.16. The molecule has 1 atom stereocenters. The maximum atomic E-state index is 12.1. The summed E-state index contributed by atoms with van der Waals surface area (Å²) in [6.07, 6.45) is 1.75. The minimum atomic E-state index is -0.834. The summed E-state index contributed by atoms with van der Waals surface area (Å²) >= 11 is 6.09. The highest BCUT2D eigenvalue weighted by Gasteiger charge is 2.23. The van der Waals surface area contributed by atoms with Crippen LogP contribution in [0.1, 0.15) is 16.1 Å². The molecule has 114 valence electrons. The van der Waals surface area contributed by atoms with Crippen molar-refractivity contribution in [3.05, 3.63) is 64.9 Å². The van der Waals surface area contributed by atoms with Gasteiger partial charge < -0.3 is 10.1 Å². The number of benzene rings is 1. The predicted molar refractivity (Wildman–Crippen MR) is 82.7 cm³/mol. The van der Waals surface area contributed by atoms with E-state index in [2.05, 4.69) is 10.3 Å². The summed E-state index contributed by atoms with van der Waals surface area (Å²) < 4.78 is 4.74. The summed E-state index contributed by atoms with van der Waals surface area (Å²) in [6, 6.07) is 11.3. The molecule has 6 heteroatoms. The second-order valence-corrected chi connectivity index (χ2v) is 4.97. The van der Waals surface area contributed by atoms with E-state index in [1.807, 2.05) is 6.07 Å². The Bertz CT molecular complexity index is 661. The molecular formula is C16H15ClN2O3. The maximum Gasteiger partial charge on any atom is 0.328 e. The molecule has 2 rings (SSSR count). The molecule has 0 aliphatic carbocycles. The first-order valence-electron chi connectivity index (χ1n) is 6.65. The Morgan fingerprint density at radius 2 is 1.95 bits per heavy atom. The topological polar surface area (TPSA) is 68.3 Å². The number of esters is 1. The van der Waals surface area contributed by atoms with Gasteiger partial charge in [-0.15, -0.1) is 0 Å². The lowest BCUT2D eigenvalue weighted by Crippen LogP contribution is -2.43. The van der Waals surface area contributed by atoms with Crippen molar-refractivity contribution < 1.29 is 14.3 Å². The molecule has 1 N–H and O–H groups in total. The van der Waals surface area contributed by atoms with E-state index < -0.39 is 17.9 Å². The zero-order valence-electron chi connectivity index (χ0n) is 12.0. The molecule has 0 spiro atoms. The van der Waals surface area contributed by atoms with Gasteiger partial charge >= 0.3 is 5.97 Å². The number of ether oxygens (including phenoxy) is 1. The van der Waals surface area contributed by atoms with Gasteiger partial charge in [0.05, 0.1) is 7.11 Å². The molecule has 0 saturated carbocycles. The number of aromatic nitrogens is 1. The van der Waals surface area contributed by atoms with Crippen molar-refractivity contribution in [2.75, 3.05) is 7.11 Å². The number of nitrogens with one attached hydrogen (secondary N) is 1. The van der Waals surface area contributed by atoms with E-state index in [0.717, 1.165) is 5.56 Å². The fraction of sp³-hybridized carbons (Fsp3) is 0.188. The van der Waals surface area contributed by atoms with Crippen LogP contribution in [0.3, 0.4) is 0 Å².